The Morgan fingerprint density at radius 3 is 2.53 bits per heavy atom. The normalized spacial score (nSPS) is 20.8. The van der Waals surface area contributed by atoms with Crippen LogP contribution in [0.2, 0.25) is 0 Å². The molecule has 0 saturated carbocycles. The largest absolute Gasteiger partial charge is 0.371 e. The predicted octanol–water partition coefficient (Wildman–Crippen LogP) is 3.37. The first kappa shape index (κ1) is 20.9. The van der Waals surface area contributed by atoms with E-state index in [0.717, 1.165) is 58.0 Å². The summed E-state index contributed by atoms with van der Waals surface area (Å²) < 4.78 is 0. The number of hydrogen-bond donors (Lipinski definition) is 1. The number of nitrogens with one attached hydrogen (secondary N) is 1. The van der Waals surface area contributed by atoms with Crippen LogP contribution in [0.1, 0.15) is 31.2 Å². The number of aromatic nitrogens is 1. The van der Waals surface area contributed by atoms with Crippen molar-refractivity contribution >= 4 is 11.6 Å². The summed E-state index contributed by atoms with van der Waals surface area (Å²) in [6.45, 7) is 5.84. The number of piperidine rings is 2. The van der Waals surface area contributed by atoms with Crippen molar-refractivity contribution in [2.45, 2.75) is 32.1 Å². The molecule has 1 aromatic heterocycles. The Balaban J connectivity index is 1.15. The van der Waals surface area contributed by atoms with Gasteiger partial charge >= 0.3 is 0 Å². The smallest absolute Gasteiger partial charge is 0.224 e. The predicted molar refractivity (Wildman–Crippen MR) is 121 cm³/mol. The summed E-state index contributed by atoms with van der Waals surface area (Å²) in [5.41, 5.74) is 2.62. The molecule has 2 fully saturated rings. The Hall–Kier alpha value is -2.40. The lowest BCUT2D eigenvalue weighted by Gasteiger charge is -2.34. The Kier molecular flexibility index (Phi) is 7.35. The molecule has 5 heteroatoms. The maximum absolute atomic E-state index is 12.7. The lowest BCUT2D eigenvalue weighted by molar-refractivity contribution is -0.125. The molecule has 1 unspecified atom stereocenters. The second-order valence-corrected chi connectivity index (χ2v) is 8.76. The molecule has 5 nitrogen and oxygen atoms in total. The Labute approximate surface area is 180 Å². The van der Waals surface area contributed by atoms with Crippen molar-refractivity contribution in [3.8, 4) is 0 Å². The van der Waals surface area contributed by atoms with E-state index in [9.17, 15) is 4.79 Å². The summed E-state index contributed by atoms with van der Waals surface area (Å²) in [6, 6.07) is 14.9. The highest BCUT2D eigenvalue weighted by Gasteiger charge is 2.26. The van der Waals surface area contributed by atoms with Crippen molar-refractivity contribution in [3.63, 3.8) is 0 Å². The molecule has 1 atom stereocenters. The molecule has 3 heterocycles. The van der Waals surface area contributed by atoms with E-state index >= 15 is 0 Å². The first-order valence-corrected chi connectivity index (χ1v) is 11.5. The van der Waals surface area contributed by atoms with E-state index in [4.69, 9.17) is 0 Å². The third kappa shape index (κ3) is 5.82. The number of carbonyl (C=O) groups excluding carboxylic acids is 1. The number of amides is 1. The third-order valence-electron chi connectivity index (χ3n) is 6.62. The molecule has 1 amide bonds. The van der Waals surface area contributed by atoms with Crippen LogP contribution in [0, 0.1) is 11.8 Å². The Morgan fingerprint density at radius 2 is 1.77 bits per heavy atom. The molecule has 2 aromatic rings. The fraction of sp³-hybridized carbons (Fsp3) is 0.520. The first-order chi connectivity index (χ1) is 14.8. The van der Waals surface area contributed by atoms with Crippen molar-refractivity contribution in [1.82, 2.24) is 15.2 Å². The average Bonchev–Trinajstić information content (AvgIpc) is 2.81. The number of likely N-dealkylation sites (tertiary alicyclic amines) is 1. The molecular formula is C25H34N4O. The minimum atomic E-state index is 0.0866. The molecule has 0 bridgehead atoms. The van der Waals surface area contributed by atoms with Crippen LogP contribution in [-0.2, 0) is 11.2 Å². The van der Waals surface area contributed by atoms with Gasteiger partial charge in [0.1, 0.15) is 0 Å². The molecule has 0 aliphatic carbocycles. The van der Waals surface area contributed by atoms with Crippen molar-refractivity contribution in [3.05, 3.63) is 60.4 Å². The summed E-state index contributed by atoms with van der Waals surface area (Å²) in [6.07, 6.45) is 9.40. The molecule has 2 aliphatic heterocycles. The van der Waals surface area contributed by atoms with Crippen LogP contribution in [0.4, 0.5) is 5.69 Å². The molecule has 2 saturated heterocycles. The highest BCUT2D eigenvalue weighted by molar-refractivity contribution is 5.79. The minimum Gasteiger partial charge on any atom is -0.371 e. The fourth-order valence-electron chi connectivity index (χ4n) is 4.82. The quantitative estimate of drug-likeness (QED) is 0.766. The Morgan fingerprint density at radius 1 is 1.00 bits per heavy atom. The van der Waals surface area contributed by atoms with Crippen molar-refractivity contribution in [2.24, 2.45) is 11.8 Å². The van der Waals surface area contributed by atoms with E-state index in [1.807, 2.05) is 24.5 Å². The monoisotopic (exact) mass is 406 g/mol. The maximum atomic E-state index is 12.7. The second-order valence-electron chi connectivity index (χ2n) is 8.76. The van der Waals surface area contributed by atoms with Gasteiger partial charge in [0.05, 0.1) is 5.92 Å². The van der Waals surface area contributed by atoms with Gasteiger partial charge in [0, 0.05) is 44.3 Å². The number of rotatable bonds is 7. The summed E-state index contributed by atoms with van der Waals surface area (Å²) in [7, 11) is 0. The number of pyridine rings is 1. The van der Waals surface area contributed by atoms with Gasteiger partial charge in [-0.25, -0.2) is 0 Å². The van der Waals surface area contributed by atoms with Crippen LogP contribution in [-0.4, -0.2) is 55.1 Å². The van der Waals surface area contributed by atoms with Crippen LogP contribution in [0.5, 0.6) is 0 Å². The van der Waals surface area contributed by atoms with E-state index < -0.39 is 0 Å². The summed E-state index contributed by atoms with van der Waals surface area (Å²) in [4.78, 5) is 21.6. The molecule has 2 aliphatic rings. The molecule has 0 spiro atoms. The first-order valence-electron chi connectivity index (χ1n) is 11.5. The molecule has 160 valence electrons. The van der Waals surface area contributed by atoms with Crippen LogP contribution >= 0.6 is 0 Å². The second kappa shape index (κ2) is 10.6. The number of anilines is 1. The highest BCUT2D eigenvalue weighted by atomic mass is 16.1. The van der Waals surface area contributed by atoms with E-state index in [2.05, 4.69) is 50.4 Å². The zero-order valence-electron chi connectivity index (χ0n) is 17.9. The van der Waals surface area contributed by atoms with Crippen molar-refractivity contribution < 1.29 is 4.79 Å². The van der Waals surface area contributed by atoms with Gasteiger partial charge in [-0.15, -0.1) is 0 Å². The van der Waals surface area contributed by atoms with E-state index in [1.165, 1.54) is 30.5 Å². The number of benzene rings is 1. The van der Waals surface area contributed by atoms with E-state index in [0.29, 0.717) is 0 Å². The van der Waals surface area contributed by atoms with Gasteiger partial charge in [-0.2, -0.15) is 0 Å². The highest BCUT2D eigenvalue weighted by Crippen LogP contribution is 2.23. The van der Waals surface area contributed by atoms with E-state index in [1.54, 1.807) is 0 Å². The van der Waals surface area contributed by atoms with Crippen LogP contribution < -0.4 is 10.2 Å². The zero-order chi connectivity index (χ0) is 20.6. The van der Waals surface area contributed by atoms with Crippen molar-refractivity contribution in [2.75, 3.05) is 44.2 Å². The van der Waals surface area contributed by atoms with Crippen LogP contribution in [0.15, 0.2) is 54.9 Å². The summed E-state index contributed by atoms with van der Waals surface area (Å²) >= 11 is 0. The lowest BCUT2D eigenvalue weighted by atomic mass is 9.90. The Bertz CT molecular complexity index is 774. The third-order valence-corrected chi connectivity index (χ3v) is 6.62. The molecule has 0 radical (unpaired) electrons. The van der Waals surface area contributed by atoms with Gasteiger partial charge in [-0.1, -0.05) is 30.3 Å². The zero-order valence-corrected chi connectivity index (χ0v) is 17.9. The number of carbonyl (C=O) groups is 1. The fourth-order valence-corrected chi connectivity index (χ4v) is 4.82. The molecular weight excluding hydrogens is 372 g/mol. The molecule has 4 rings (SSSR count). The minimum absolute atomic E-state index is 0.0866. The summed E-state index contributed by atoms with van der Waals surface area (Å²) in [5.74, 6) is 1.09. The maximum Gasteiger partial charge on any atom is 0.224 e. The topological polar surface area (TPSA) is 48.5 Å². The average molecular weight is 407 g/mol. The molecule has 30 heavy (non-hydrogen) atoms. The van der Waals surface area contributed by atoms with Gasteiger partial charge in [0.2, 0.25) is 5.91 Å². The molecule has 1 N–H and O–H groups in total. The number of hydrogen-bond acceptors (Lipinski definition) is 4. The SMILES string of the molecule is O=C(NCCN1CCC(Cc2ccccc2)CC1)C1CCCN(c2ccncc2)C1. The van der Waals surface area contributed by atoms with Crippen LogP contribution in [0.3, 0.4) is 0 Å². The van der Waals surface area contributed by atoms with Gasteiger partial charge in [-0.3, -0.25) is 9.78 Å². The molecule has 1 aromatic carbocycles. The van der Waals surface area contributed by atoms with Gasteiger partial charge in [0.25, 0.3) is 0 Å². The lowest BCUT2D eigenvalue weighted by Crippen LogP contribution is -2.45. The van der Waals surface area contributed by atoms with Gasteiger partial charge < -0.3 is 15.1 Å². The van der Waals surface area contributed by atoms with Crippen molar-refractivity contribution in [1.29, 1.82) is 0 Å². The summed E-state index contributed by atoms with van der Waals surface area (Å²) in [5, 5.41) is 3.20. The van der Waals surface area contributed by atoms with Gasteiger partial charge in [-0.05, 0) is 68.8 Å². The van der Waals surface area contributed by atoms with Gasteiger partial charge in [0.15, 0.2) is 0 Å². The standard InChI is InChI=1S/C25H34N4O/c30-25(23-7-4-15-29(20-23)24-8-12-26-13-9-24)27-14-18-28-16-10-22(11-17-28)19-21-5-2-1-3-6-21/h1-3,5-6,8-9,12-13,22-23H,4,7,10-11,14-20H2,(H,27,30). The van der Waals surface area contributed by atoms with Crippen LogP contribution in [0.25, 0.3) is 0 Å². The van der Waals surface area contributed by atoms with E-state index in [-0.39, 0.29) is 11.8 Å². The number of nitrogens with zero attached hydrogens (tertiary/aromatic N) is 3.